The third-order valence-electron chi connectivity index (χ3n) is 4.82. The number of methoxy groups -OCH3 is 1. The number of hydrogen-bond donors (Lipinski definition) is 2. The van der Waals surface area contributed by atoms with Crippen LogP contribution >= 0.6 is 0 Å². The molecule has 152 valence electrons. The van der Waals surface area contributed by atoms with Gasteiger partial charge in [0, 0.05) is 29.9 Å². The van der Waals surface area contributed by atoms with Crippen molar-refractivity contribution in [1.82, 2.24) is 10.3 Å². The molecule has 29 heavy (non-hydrogen) atoms. The Balaban J connectivity index is 1.53. The van der Waals surface area contributed by atoms with Crippen molar-refractivity contribution in [3.8, 4) is 5.75 Å². The zero-order valence-electron chi connectivity index (χ0n) is 16.7. The lowest BCUT2D eigenvalue weighted by Gasteiger charge is -2.16. The first-order valence-corrected chi connectivity index (χ1v) is 9.69. The number of aryl methyl sites for hydroxylation is 1. The topological polar surface area (TPSA) is 80.4 Å². The Kier molecular flexibility index (Phi) is 6.89. The minimum atomic E-state index is -0.732. The Morgan fingerprint density at radius 2 is 1.86 bits per heavy atom. The van der Waals surface area contributed by atoms with E-state index in [1.807, 2.05) is 61.7 Å². The van der Waals surface area contributed by atoms with Gasteiger partial charge in [0.2, 0.25) is 5.91 Å². The Morgan fingerprint density at radius 1 is 1.10 bits per heavy atom. The van der Waals surface area contributed by atoms with Gasteiger partial charge in [0.1, 0.15) is 11.8 Å². The lowest BCUT2D eigenvalue weighted by molar-refractivity contribution is -0.145. The summed E-state index contributed by atoms with van der Waals surface area (Å²) in [6.07, 6.45) is 3.05. The van der Waals surface area contributed by atoms with E-state index in [9.17, 15) is 9.59 Å². The van der Waals surface area contributed by atoms with E-state index in [0.717, 1.165) is 27.8 Å². The van der Waals surface area contributed by atoms with Crippen molar-refractivity contribution >= 4 is 22.8 Å². The van der Waals surface area contributed by atoms with Crippen LogP contribution in [0.3, 0.4) is 0 Å². The molecule has 0 aliphatic rings. The molecule has 1 aromatic heterocycles. The zero-order valence-corrected chi connectivity index (χ0v) is 16.7. The number of hydrogen-bond acceptors (Lipinski definition) is 4. The summed E-state index contributed by atoms with van der Waals surface area (Å²) in [6, 6.07) is 14.9. The summed E-state index contributed by atoms with van der Waals surface area (Å²) in [5.74, 6) is 0.160. The minimum absolute atomic E-state index is 0.200. The average Bonchev–Trinajstić information content (AvgIpc) is 3.14. The van der Waals surface area contributed by atoms with Crippen LogP contribution in [0.15, 0.2) is 54.7 Å². The van der Waals surface area contributed by atoms with E-state index in [-0.39, 0.29) is 12.3 Å². The van der Waals surface area contributed by atoms with Gasteiger partial charge in [0.25, 0.3) is 0 Å². The fourth-order valence-corrected chi connectivity index (χ4v) is 3.26. The van der Waals surface area contributed by atoms with Crippen molar-refractivity contribution in [2.24, 2.45) is 0 Å². The number of nitrogens with one attached hydrogen (secondary N) is 2. The van der Waals surface area contributed by atoms with Gasteiger partial charge in [-0.05, 0) is 36.6 Å². The largest absolute Gasteiger partial charge is 0.493 e. The molecule has 0 spiro atoms. The Hall–Kier alpha value is -3.28. The van der Waals surface area contributed by atoms with Crippen LogP contribution in [0.5, 0.6) is 5.75 Å². The van der Waals surface area contributed by atoms with Crippen LogP contribution in [0.1, 0.15) is 24.0 Å². The maximum absolute atomic E-state index is 12.4. The monoisotopic (exact) mass is 394 g/mol. The van der Waals surface area contributed by atoms with Crippen molar-refractivity contribution in [2.45, 2.75) is 32.2 Å². The van der Waals surface area contributed by atoms with E-state index in [2.05, 4.69) is 10.3 Å². The van der Waals surface area contributed by atoms with E-state index >= 15 is 0 Å². The maximum atomic E-state index is 12.4. The van der Waals surface area contributed by atoms with Crippen molar-refractivity contribution < 1.29 is 19.1 Å². The molecule has 2 aromatic carbocycles. The molecule has 0 radical (unpaired) electrons. The third-order valence-corrected chi connectivity index (χ3v) is 4.82. The number of esters is 1. The van der Waals surface area contributed by atoms with E-state index in [1.165, 1.54) is 7.11 Å². The number of rotatable bonds is 9. The Labute approximate surface area is 170 Å². The molecule has 1 heterocycles. The van der Waals surface area contributed by atoms with Gasteiger partial charge in [-0.2, -0.15) is 0 Å². The van der Waals surface area contributed by atoms with Gasteiger partial charge in [-0.25, -0.2) is 4.79 Å². The van der Waals surface area contributed by atoms with Crippen LogP contribution in [0.25, 0.3) is 10.9 Å². The summed E-state index contributed by atoms with van der Waals surface area (Å²) >= 11 is 0. The molecule has 0 saturated carbocycles. The number of aromatic nitrogens is 1. The highest BCUT2D eigenvalue weighted by Crippen LogP contribution is 2.20. The summed E-state index contributed by atoms with van der Waals surface area (Å²) in [5, 5.41) is 3.83. The number of aromatic amines is 1. The number of amides is 1. The smallest absolute Gasteiger partial charge is 0.328 e. The highest BCUT2D eigenvalue weighted by atomic mass is 16.5. The second-order valence-electron chi connectivity index (χ2n) is 6.92. The first kappa shape index (κ1) is 20.5. The summed E-state index contributed by atoms with van der Waals surface area (Å²) in [4.78, 5) is 27.7. The van der Waals surface area contributed by atoms with Crippen LogP contribution in [0, 0.1) is 6.92 Å². The van der Waals surface area contributed by atoms with E-state index < -0.39 is 12.0 Å². The molecule has 2 N–H and O–H groups in total. The first-order chi connectivity index (χ1) is 14.1. The van der Waals surface area contributed by atoms with Gasteiger partial charge >= 0.3 is 5.97 Å². The van der Waals surface area contributed by atoms with Crippen LogP contribution in [-0.2, 0) is 20.7 Å². The van der Waals surface area contributed by atoms with Crippen LogP contribution in [0.4, 0.5) is 0 Å². The molecule has 6 heteroatoms. The first-order valence-electron chi connectivity index (χ1n) is 9.69. The second-order valence-corrected chi connectivity index (χ2v) is 6.92. The zero-order chi connectivity index (χ0) is 20.6. The number of ether oxygens (including phenoxy) is 2. The van der Waals surface area contributed by atoms with Gasteiger partial charge in [0.15, 0.2) is 0 Å². The molecule has 1 atom stereocenters. The second kappa shape index (κ2) is 9.78. The predicted molar refractivity (Wildman–Crippen MR) is 112 cm³/mol. The number of benzene rings is 2. The molecule has 3 rings (SSSR count). The van der Waals surface area contributed by atoms with Crippen molar-refractivity contribution in [3.05, 3.63) is 65.9 Å². The minimum Gasteiger partial charge on any atom is -0.493 e. The van der Waals surface area contributed by atoms with Crippen LogP contribution < -0.4 is 10.1 Å². The number of carbonyl (C=O) groups is 2. The van der Waals surface area contributed by atoms with Crippen molar-refractivity contribution in [1.29, 1.82) is 0 Å². The summed E-state index contributed by atoms with van der Waals surface area (Å²) in [5.41, 5.74) is 3.01. The Morgan fingerprint density at radius 3 is 2.66 bits per heavy atom. The molecule has 0 aliphatic carbocycles. The molecule has 6 nitrogen and oxygen atoms in total. The highest BCUT2D eigenvalue weighted by Gasteiger charge is 2.23. The number of H-pyrrole nitrogens is 1. The van der Waals surface area contributed by atoms with Gasteiger partial charge < -0.3 is 19.8 Å². The highest BCUT2D eigenvalue weighted by molar-refractivity contribution is 5.87. The van der Waals surface area contributed by atoms with Gasteiger partial charge in [0.05, 0.1) is 13.7 Å². The van der Waals surface area contributed by atoms with Gasteiger partial charge in [-0.15, -0.1) is 0 Å². The third kappa shape index (κ3) is 5.38. The molecular weight excluding hydrogens is 368 g/mol. The van der Waals surface area contributed by atoms with E-state index in [0.29, 0.717) is 19.4 Å². The van der Waals surface area contributed by atoms with Crippen molar-refractivity contribution in [2.75, 3.05) is 13.7 Å². The normalized spacial score (nSPS) is 11.8. The average molecular weight is 394 g/mol. The molecule has 1 unspecified atom stereocenters. The summed E-state index contributed by atoms with van der Waals surface area (Å²) in [7, 11) is 1.33. The molecule has 0 fully saturated rings. The lowest BCUT2D eigenvalue weighted by Crippen LogP contribution is -2.43. The molecular formula is C23H26N2O4. The molecule has 1 amide bonds. The summed E-state index contributed by atoms with van der Waals surface area (Å²) in [6.45, 7) is 2.41. The maximum Gasteiger partial charge on any atom is 0.328 e. The van der Waals surface area contributed by atoms with Crippen molar-refractivity contribution in [3.63, 3.8) is 0 Å². The van der Waals surface area contributed by atoms with E-state index in [4.69, 9.17) is 9.47 Å². The lowest BCUT2D eigenvalue weighted by atomic mass is 10.0. The molecule has 3 aromatic rings. The molecule has 0 saturated heterocycles. The summed E-state index contributed by atoms with van der Waals surface area (Å²) < 4.78 is 10.6. The molecule has 0 aliphatic heterocycles. The number of para-hydroxylation sites is 2. The Bertz CT molecular complexity index is 980. The fourth-order valence-electron chi connectivity index (χ4n) is 3.26. The predicted octanol–water partition coefficient (Wildman–Crippen LogP) is 3.54. The fraction of sp³-hybridized carbons (Fsp3) is 0.304. The van der Waals surface area contributed by atoms with Gasteiger partial charge in [-0.3, -0.25) is 4.79 Å². The van der Waals surface area contributed by atoms with E-state index in [1.54, 1.807) is 0 Å². The van der Waals surface area contributed by atoms with Crippen LogP contribution in [-0.4, -0.2) is 36.6 Å². The quantitative estimate of drug-likeness (QED) is 0.430. The van der Waals surface area contributed by atoms with Crippen LogP contribution in [0.2, 0.25) is 0 Å². The number of carbonyl (C=O) groups excluding carboxylic acids is 2. The standard InChI is InChI=1S/C23H26N2O4/c1-16-8-3-6-11-21(16)29-13-7-12-22(26)25-20(23(27)28-2)14-17-15-24-19-10-5-4-9-18(17)19/h3-6,8-11,15,20,24H,7,12-14H2,1-2H3,(H,25,26). The van der Waals surface area contributed by atoms with Gasteiger partial charge in [-0.1, -0.05) is 36.4 Å². The SMILES string of the molecule is COC(=O)C(Cc1c[nH]c2ccccc12)NC(=O)CCCOc1ccccc1C. The molecule has 0 bridgehead atoms. The number of fused-ring (bicyclic) bond motifs is 1.